The molecule has 2 rings (SSSR count). The molecule has 2 N–H and O–H groups in total. The van der Waals surface area contributed by atoms with Crippen LogP contribution in [0.5, 0.6) is 0 Å². The number of rotatable bonds is 8. The van der Waals surface area contributed by atoms with Gasteiger partial charge in [0.25, 0.3) is 0 Å². The summed E-state index contributed by atoms with van der Waals surface area (Å²) in [5.41, 5.74) is 1.20. The first-order valence-corrected chi connectivity index (χ1v) is 9.83. The molecule has 28 heavy (non-hydrogen) atoms. The Morgan fingerprint density at radius 1 is 1.32 bits per heavy atom. The maximum Gasteiger partial charge on any atom is 0.191 e. The highest BCUT2D eigenvalue weighted by atomic mass is 127. The van der Waals surface area contributed by atoms with E-state index in [4.69, 9.17) is 9.73 Å². The molecule has 0 radical (unpaired) electrons. The lowest BCUT2D eigenvalue weighted by Crippen LogP contribution is -2.52. The predicted octanol–water partition coefficient (Wildman–Crippen LogP) is 1.31. The standard InChI is InChI=1S/C19H37N7O.HI/c1-7-20-18(22-15-19(2,3)26-8-10-27-11-9-26)21-13-17(24(4)5)16-12-23-25(6)14-16;/h12,14,17H,7-11,13,15H2,1-6H3,(H2,20,21,22);1H. The number of hydrogen-bond donors (Lipinski definition) is 2. The van der Waals surface area contributed by atoms with Gasteiger partial charge in [-0.2, -0.15) is 5.10 Å². The minimum absolute atomic E-state index is 0. The fourth-order valence-electron chi connectivity index (χ4n) is 3.29. The number of nitrogens with one attached hydrogen (secondary N) is 2. The Labute approximate surface area is 187 Å². The van der Waals surface area contributed by atoms with Crippen LogP contribution in [0.2, 0.25) is 0 Å². The Morgan fingerprint density at radius 3 is 2.54 bits per heavy atom. The van der Waals surface area contributed by atoms with Crippen molar-refractivity contribution >= 4 is 29.9 Å². The molecule has 9 heteroatoms. The highest BCUT2D eigenvalue weighted by molar-refractivity contribution is 14.0. The second-order valence-electron chi connectivity index (χ2n) is 7.91. The third kappa shape index (κ3) is 7.49. The Bertz CT molecular complexity index is 597. The summed E-state index contributed by atoms with van der Waals surface area (Å²) >= 11 is 0. The van der Waals surface area contributed by atoms with E-state index < -0.39 is 0 Å². The van der Waals surface area contributed by atoms with E-state index in [1.807, 2.05) is 17.9 Å². The summed E-state index contributed by atoms with van der Waals surface area (Å²) in [6.07, 6.45) is 4.00. The van der Waals surface area contributed by atoms with Crippen molar-refractivity contribution in [2.24, 2.45) is 12.0 Å². The van der Waals surface area contributed by atoms with E-state index in [-0.39, 0.29) is 35.6 Å². The lowest BCUT2D eigenvalue weighted by molar-refractivity contribution is -0.00684. The fourth-order valence-corrected chi connectivity index (χ4v) is 3.29. The molecule has 2 heterocycles. The molecule has 0 bridgehead atoms. The Balaban J connectivity index is 0.00000392. The van der Waals surface area contributed by atoms with Crippen LogP contribution < -0.4 is 10.6 Å². The van der Waals surface area contributed by atoms with E-state index in [0.717, 1.165) is 51.9 Å². The highest BCUT2D eigenvalue weighted by Crippen LogP contribution is 2.17. The molecule has 0 aromatic carbocycles. The molecule has 1 aromatic heterocycles. The number of halogens is 1. The summed E-state index contributed by atoms with van der Waals surface area (Å²) in [4.78, 5) is 9.52. The minimum atomic E-state index is 0. The zero-order chi connectivity index (χ0) is 19.9. The highest BCUT2D eigenvalue weighted by Gasteiger charge is 2.28. The van der Waals surface area contributed by atoms with Crippen LogP contribution in [0.15, 0.2) is 17.4 Å². The summed E-state index contributed by atoms with van der Waals surface area (Å²) in [5.74, 6) is 0.856. The third-order valence-electron chi connectivity index (χ3n) is 5.03. The minimum Gasteiger partial charge on any atom is -0.379 e. The molecule has 0 saturated carbocycles. The van der Waals surface area contributed by atoms with Crippen molar-refractivity contribution < 1.29 is 4.74 Å². The largest absolute Gasteiger partial charge is 0.379 e. The molecule has 1 aliphatic heterocycles. The Kier molecular flexibility index (Phi) is 10.7. The van der Waals surface area contributed by atoms with Crippen LogP contribution in [0, 0.1) is 0 Å². The van der Waals surface area contributed by atoms with Crippen molar-refractivity contribution in [3.05, 3.63) is 18.0 Å². The second-order valence-corrected chi connectivity index (χ2v) is 7.91. The number of guanidine groups is 1. The first kappa shape index (κ1) is 25.1. The molecule has 162 valence electrons. The van der Waals surface area contributed by atoms with E-state index >= 15 is 0 Å². The van der Waals surface area contributed by atoms with Crippen LogP contribution in [0.4, 0.5) is 0 Å². The maximum atomic E-state index is 5.48. The van der Waals surface area contributed by atoms with E-state index in [1.54, 1.807) is 0 Å². The Hall–Kier alpha value is -0.910. The number of aryl methyl sites for hydroxylation is 1. The first-order valence-electron chi connectivity index (χ1n) is 9.83. The number of aliphatic imine (C=N–C) groups is 1. The van der Waals surface area contributed by atoms with Crippen LogP contribution in [0.1, 0.15) is 32.4 Å². The van der Waals surface area contributed by atoms with Gasteiger partial charge in [0.1, 0.15) is 0 Å². The van der Waals surface area contributed by atoms with E-state index in [1.165, 1.54) is 5.56 Å². The van der Waals surface area contributed by atoms with Gasteiger partial charge in [-0.25, -0.2) is 0 Å². The third-order valence-corrected chi connectivity index (χ3v) is 5.03. The van der Waals surface area contributed by atoms with Crippen molar-refractivity contribution in [3.63, 3.8) is 0 Å². The predicted molar refractivity (Wildman–Crippen MR) is 126 cm³/mol. The number of hydrogen-bond acceptors (Lipinski definition) is 5. The molecule has 0 spiro atoms. The quantitative estimate of drug-likeness (QED) is 0.314. The summed E-state index contributed by atoms with van der Waals surface area (Å²) in [6.45, 7) is 12.5. The molecular formula is C19H38IN7O. The fraction of sp³-hybridized carbons (Fsp3) is 0.789. The van der Waals surface area contributed by atoms with Crippen LogP contribution in [0.3, 0.4) is 0 Å². The lowest BCUT2D eigenvalue weighted by Gasteiger charge is -2.40. The zero-order valence-corrected chi connectivity index (χ0v) is 20.6. The van der Waals surface area contributed by atoms with Gasteiger partial charge in [0, 0.05) is 50.5 Å². The van der Waals surface area contributed by atoms with Crippen molar-refractivity contribution in [3.8, 4) is 0 Å². The number of nitrogens with zero attached hydrogens (tertiary/aromatic N) is 5. The number of morpholine rings is 1. The number of aromatic nitrogens is 2. The molecular weight excluding hydrogens is 469 g/mol. The van der Waals surface area contributed by atoms with Crippen LogP contribution >= 0.6 is 24.0 Å². The smallest absolute Gasteiger partial charge is 0.191 e. The zero-order valence-electron chi connectivity index (χ0n) is 18.2. The molecule has 1 aliphatic rings. The van der Waals surface area contributed by atoms with Gasteiger partial charge in [-0.3, -0.25) is 14.6 Å². The van der Waals surface area contributed by atoms with E-state index in [0.29, 0.717) is 0 Å². The number of ether oxygens (including phenoxy) is 1. The van der Waals surface area contributed by atoms with Gasteiger partial charge in [-0.1, -0.05) is 0 Å². The average Bonchev–Trinajstić information content (AvgIpc) is 3.06. The summed E-state index contributed by atoms with van der Waals surface area (Å²) in [7, 11) is 6.12. The van der Waals surface area contributed by atoms with Gasteiger partial charge in [-0.15, -0.1) is 24.0 Å². The first-order chi connectivity index (χ1) is 12.8. The molecule has 1 atom stereocenters. The van der Waals surface area contributed by atoms with Crippen LogP contribution in [-0.4, -0.2) is 91.1 Å². The monoisotopic (exact) mass is 507 g/mol. The molecule has 1 unspecified atom stereocenters. The SMILES string of the molecule is CCNC(=NCC(C)(C)N1CCOCC1)NCC(c1cnn(C)c1)N(C)C.I. The molecule has 0 aliphatic carbocycles. The molecule has 1 saturated heterocycles. The van der Waals surface area contributed by atoms with Crippen LogP contribution in [0.25, 0.3) is 0 Å². The van der Waals surface area contributed by atoms with Crippen molar-refractivity contribution in [1.29, 1.82) is 0 Å². The van der Waals surface area contributed by atoms with Gasteiger partial charge in [0.2, 0.25) is 0 Å². The topological polar surface area (TPSA) is 70.0 Å². The number of likely N-dealkylation sites (N-methyl/N-ethyl adjacent to an activating group) is 1. The van der Waals surface area contributed by atoms with Gasteiger partial charge in [0.15, 0.2) is 5.96 Å². The van der Waals surface area contributed by atoms with Gasteiger partial charge >= 0.3 is 0 Å². The summed E-state index contributed by atoms with van der Waals surface area (Å²) in [5, 5.41) is 11.2. The average molecular weight is 507 g/mol. The van der Waals surface area contributed by atoms with Crippen molar-refractivity contribution in [2.75, 3.05) is 60.0 Å². The maximum absolute atomic E-state index is 5.48. The second kappa shape index (κ2) is 11.9. The van der Waals surface area contributed by atoms with E-state index in [2.05, 4.69) is 66.6 Å². The van der Waals surface area contributed by atoms with E-state index in [9.17, 15) is 0 Å². The molecule has 8 nitrogen and oxygen atoms in total. The van der Waals surface area contributed by atoms with Crippen molar-refractivity contribution in [2.45, 2.75) is 32.4 Å². The molecule has 1 fully saturated rings. The van der Waals surface area contributed by atoms with Crippen molar-refractivity contribution in [1.82, 2.24) is 30.2 Å². The van der Waals surface area contributed by atoms with Crippen LogP contribution in [-0.2, 0) is 11.8 Å². The lowest BCUT2D eigenvalue weighted by atomic mass is 10.0. The van der Waals surface area contributed by atoms with Gasteiger partial charge < -0.3 is 20.3 Å². The van der Waals surface area contributed by atoms with Gasteiger partial charge in [0.05, 0.1) is 32.0 Å². The summed E-state index contributed by atoms with van der Waals surface area (Å²) in [6, 6.07) is 0.231. The molecule has 0 amide bonds. The van der Waals surface area contributed by atoms with Gasteiger partial charge in [-0.05, 0) is 34.9 Å². The Morgan fingerprint density at radius 2 is 2.00 bits per heavy atom. The summed E-state index contributed by atoms with van der Waals surface area (Å²) < 4.78 is 7.32. The molecule has 1 aromatic rings. The normalized spacial score (nSPS) is 17.3.